The maximum atomic E-state index is 12.2. The summed E-state index contributed by atoms with van der Waals surface area (Å²) in [6.07, 6.45) is 4.11. The topological polar surface area (TPSA) is 60.5 Å². The van der Waals surface area contributed by atoms with Gasteiger partial charge >= 0.3 is 0 Å². The SMILES string of the molecule is COCCc1ccc(-c2csc(NC(=O)/C=C/c3cccc(OC)c3)n2)cc1. The van der Waals surface area contributed by atoms with Gasteiger partial charge in [-0.25, -0.2) is 4.98 Å². The summed E-state index contributed by atoms with van der Waals surface area (Å²) in [4.78, 5) is 16.7. The Morgan fingerprint density at radius 2 is 2.00 bits per heavy atom. The van der Waals surface area contributed by atoms with Gasteiger partial charge in [-0.3, -0.25) is 10.1 Å². The van der Waals surface area contributed by atoms with Crippen molar-refractivity contribution in [2.75, 3.05) is 26.1 Å². The molecule has 0 atom stereocenters. The zero-order chi connectivity index (χ0) is 19.8. The van der Waals surface area contributed by atoms with Crippen LogP contribution < -0.4 is 10.1 Å². The van der Waals surface area contributed by atoms with E-state index in [0.717, 1.165) is 29.0 Å². The number of rotatable bonds is 8. The third kappa shape index (κ3) is 5.52. The van der Waals surface area contributed by atoms with E-state index >= 15 is 0 Å². The summed E-state index contributed by atoms with van der Waals surface area (Å²) in [5.41, 5.74) is 3.97. The number of hydrogen-bond acceptors (Lipinski definition) is 5. The van der Waals surface area contributed by atoms with Crippen molar-refractivity contribution in [1.82, 2.24) is 4.98 Å². The van der Waals surface area contributed by atoms with Crippen molar-refractivity contribution in [3.05, 3.63) is 71.1 Å². The minimum Gasteiger partial charge on any atom is -0.497 e. The van der Waals surface area contributed by atoms with Gasteiger partial charge in [0, 0.05) is 24.1 Å². The van der Waals surface area contributed by atoms with Crippen LogP contribution in [0.5, 0.6) is 5.75 Å². The van der Waals surface area contributed by atoms with E-state index in [1.165, 1.54) is 23.0 Å². The number of nitrogens with one attached hydrogen (secondary N) is 1. The molecule has 0 saturated heterocycles. The van der Waals surface area contributed by atoms with Crippen molar-refractivity contribution in [2.24, 2.45) is 0 Å². The minimum absolute atomic E-state index is 0.223. The van der Waals surface area contributed by atoms with Gasteiger partial charge in [-0.15, -0.1) is 11.3 Å². The lowest BCUT2D eigenvalue weighted by Crippen LogP contribution is -2.07. The third-order valence-corrected chi connectivity index (χ3v) is 4.86. The highest BCUT2D eigenvalue weighted by Gasteiger charge is 2.07. The standard InChI is InChI=1S/C22H22N2O3S/c1-26-13-12-16-6-9-18(10-7-16)20-15-28-22(23-20)24-21(25)11-8-17-4-3-5-19(14-17)27-2/h3-11,14-15H,12-13H2,1-2H3,(H,23,24,25)/b11-8+. The fourth-order valence-electron chi connectivity index (χ4n) is 2.59. The highest BCUT2D eigenvalue weighted by atomic mass is 32.1. The van der Waals surface area contributed by atoms with E-state index in [1.54, 1.807) is 20.3 Å². The fraction of sp³-hybridized carbons (Fsp3) is 0.182. The van der Waals surface area contributed by atoms with Crippen LogP contribution in [-0.4, -0.2) is 31.7 Å². The van der Waals surface area contributed by atoms with Crippen molar-refractivity contribution in [1.29, 1.82) is 0 Å². The normalized spacial score (nSPS) is 10.9. The Labute approximate surface area is 168 Å². The minimum atomic E-state index is -0.223. The lowest BCUT2D eigenvalue weighted by molar-refractivity contribution is -0.111. The van der Waals surface area contributed by atoms with Gasteiger partial charge in [0.15, 0.2) is 5.13 Å². The van der Waals surface area contributed by atoms with E-state index in [2.05, 4.69) is 22.4 Å². The van der Waals surface area contributed by atoms with Crippen molar-refractivity contribution in [2.45, 2.75) is 6.42 Å². The van der Waals surface area contributed by atoms with Gasteiger partial charge in [0.05, 0.1) is 19.4 Å². The van der Waals surface area contributed by atoms with E-state index in [9.17, 15) is 4.79 Å². The van der Waals surface area contributed by atoms with Crippen LogP contribution in [0.3, 0.4) is 0 Å². The number of carbonyl (C=O) groups excluding carboxylic acids is 1. The van der Waals surface area contributed by atoms with E-state index in [1.807, 2.05) is 41.8 Å². The molecule has 0 unspecified atom stereocenters. The molecule has 3 aromatic rings. The second-order valence-electron chi connectivity index (χ2n) is 6.08. The Hall–Kier alpha value is -2.96. The first-order valence-corrected chi connectivity index (χ1v) is 9.73. The molecule has 28 heavy (non-hydrogen) atoms. The molecule has 0 aliphatic rings. The highest BCUT2D eigenvalue weighted by Crippen LogP contribution is 2.25. The summed E-state index contributed by atoms with van der Waals surface area (Å²) < 4.78 is 10.3. The van der Waals surface area contributed by atoms with Crippen molar-refractivity contribution < 1.29 is 14.3 Å². The van der Waals surface area contributed by atoms with Gasteiger partial charge < -0.3 is 9.47 Å². The molecule has 3 rings (SSSR count). The largest absolute Gasteiger partial charge is 0.497 e. The second kappa shape index (κ2) is 9.82. The van der Waals surface area contributed by atoms with Crippen LogP contribution in [0.25, 0.3) is 17.3 Å². The molecule has 1 N–H and O–H groups in total. The average molecular weight is 394 g/mol. The second-order valence-corrected chi connectivity index (χ2v) is 6.93. The highest BCUT2D eigenvalue weighted by molar-refractivity contribution is 7.14. The first-order chi connectivity index (χ1) is 13.7. The zero-order valence-corrected chi connectivity index (χ0v) is 16.7. The molecule has 0 aliphatic carbocycles. The third-order valence-electron chi connectivity index (χ3n) is 4.10. The molecule has 0 spiro atoms. The monoisotopic (exact) mass is 394 g/mol. The Morgan fingerprint density at radius 1 is 1.18 bits per heavy atom. The van der Waals surface area contributed by atoms with Crippen LogP contribution in [0.4, 0.5) is 5.13 Å². The van der Waals surface area contributed by atoms with Crippen molar-refractivity contribution in [3.8, 4) is 17.0 Å². The Balaban J connectivity index is 1.60. The van der Waals surface area contributed by atoms with Crippen LogP contribution in [0, 0.1) is 0 Å². The van der Waals surface area contributed by atoms with Crippen LogP contribution in [0.2, 0.25) is 0 Å². The van der Waals surface area contributed by atoms with Crippen molar-refractivity contribution >= 4 is 28.5 Å². The number of carbonyl (C=O) groups is 1. The van der Waals surface area contributed by atoms with Gasteiger partial charge in [0.1, 0.15) is 5.75 Å². The molecule has 1 amide bonds. The van der Waals surface area contributed by atoms with Crippen LogP contribution in [0.15, 0.2) is 60.0 Å². The molecule has 1 aromatic heterocycles. The summed E-state index contributed by atoms with van der Waals surface area (Å²) in [7, 11) is 3.31. The Morgan fingerprint density at radius 3 is 2.75 bits per heavy atom. The molecule has 2 aromatic carbocycles. The van der Waals surface area contributed by atoms with Gasteiger partial charge in [-0.2, -0.15) is 0 Å². The first kappa shape index (κ1) is 19.8. The first-order valence-electron chi connectivity index (χ1n) is 8.85. The molecule has 0 fully saturated rings. The van der Waals surface area contributed by atoms with E-state index in [4.69, 9.17) is 9.47 Å². The fourth-order valence-corrected chi connectivity index (χ4v) is 3.31. The average Bonchev–Trinajstić information content (AvgIpc) is 3.19. The molecule has 6 heteroatoms. The molecule has 0 radical (unpaired) electrons. The maximum Gasteiger partial charge on any atom is 0.250 e. The van der Waals surface area contributed by atoms with Gasteiger partial charge in [-0.1, -0.05) is 36.4 Å². The number of nitrogens with zero attached hydrogens (tertiary/aromatic N) is 1. The van der Waals surface area contributed by atoms with Gasteiger partial charge in [0.2, 0.25) is 5.91 Å². The molecule has 144 valence electrons. The number of thiazole rings is 1. The van der Waals surface area contributed by atoms with Crippen LogP contribution in [0.1, 0.15) is 11.1 Å². The zero-order valence-electron chi connectivity index (χ0n) is 15.8. The quantitative estimate of drug-likeness (QED) is 0.565. The van der Waals surface area contributed by atoms with E-state index in [0.29, 0.717) is 11.7 Å². The molecule has 0 aliphatic heterocycles. The number of anilines is 1. The smallest absolute Gasteiger partial charge is 0.250 e. The van der Waals surface area contributed by atoms with Gasteiger partial charge in [-0.05, 0) is 35.8 Å². The summed E-state index contributed by atoms with van der Waals surface area (Å²) in [6, 6.07) is 15.7. The van der Waals surface area contributed by atoms with Crippen LogP contribution >= 0.6 is 11.3 Å². The number of hydrogen-bond donors (Lipinski definition) is 1. The molecule has 1 heterocycles. The number of ether oxygens (including phenoxy) is 2. The molecular formula is C22H22N2O3S. The maximum absolute atomic E-state index is 12.2. The lowest BCUT2D eigenvalue weighted by atomic mass is 10.1. The predicted molar refractivity (Wildman–Crippen MR) is 114 cm³/mol. The molecular weight excluding hydrogens is 372 g/mol. The molecule has 0 saturated carbocycles. The summed E-state index contributed by atoms with van der Waals surface area (Å²) in [5.74, 6) is 0.527. The van der Waals surface area contributed by atoms with E-state index in [-0.39, 0.29) is 5.91 Å². The number of methoxy groups -OCH3 is 2. The lowest BCUT2D eigenvalue weighted by Gasteiger charge is -2.02. The predicted octanol–water partition coefficient (Wildman–Crippen LogP) is 4.66. The molecule has 0 bridgehead atoms. The van der Waals surface area contributed by atoms with Crippen molar-refractivity contribution in [3.63, 3.8) is 0 Å². The number of benzene rings is 2. The summed E-state index contributed by atoms with van der Waals surface area (Å²) >= 11 is 1.40. The summed E-state index contributed by atoms with van der Waals surface area (Å²) in [6.45, 7) is 0.704. The summed E-state index contributed by atoms with van der Waals surface area (Å²) in [5, 5.41) is 5.31. The molecule has 5 nitrogen and oxygen atoms in total. The number of aromatic nitrogens is 1. The Bertz CT molecular complexity index is 948. The number of amides is 1. The Kier molecular flexibility index (Phi) is 6.94. The van der Waals surface area contributed by atoms with Gasteiger partial charge in [0.25, 0.3) is 0 Å². The van der Waals surface area contributed by atoms with Crippen LogP contribution in [-0.2, 0) is 16.0 Å². The van der Waals surface area contributed by atoms with E-state index < -0.39 is 0 Å².